The van der Waals surface area contributed by atoms with Crippen molar-refractivity contribution in [3.8, 4) is 5.69 Å². The van der Waals surface area contributed by atoms with Crippen LogP contribution in [-0.4, -0.2) is 27.3 Å². The Morgan fingerprint density at radius 2 is 1.83 bits per heavy atom. The fourth-order valence-electron chi connectivity index (χ4n) is 1.49. The molecule has 5 nitrogen and oxygen atoms in total. The van der Waals surface area contributed by atoms with Crippen molar-refractivity contribution in [2.75, 3.05) is 7.05 Å². The van der Waals surface area contributed by atoms with Crippen LogP contribution in [0.15, 0.2) is 12.1 Å². The van der Waals surface area contributed by atoms with E-state index in [1.807, 2.05) is 0 Å². The van der Waals surface area contributed by atoms with E-state index in [-0.39, 0.29) is 11.9 Å². The summed E-state index contributed by atoms with van der Waals surface area (Å²) in [6.07, 6.45) is 0. The van der Waals surface area contributed by atoms with Gasteiger partial charge in [-0.1, -0.05) is 0 Å². The SMILES string of the molecule is CNC(C)c1nnnn1-c1c(F)cc(F)cc1F. The summed E-state index contributed by atoms with van der Waals surface area (Å²) in [4.78, 5) is 0. The van der Waals surface area contributed by atoms with Crippen LogP contribution in [-0.2, 0) is 0 Å². The lowest BCUT2D eigenvalue weighted by Crippen LogP contribution is -2.19. The lowest BCUT2D eigenvalue weighted by Gasteiger charge is -2.11. The van der Waals surface area contributed by atoms with Crippen molar-refractivity contribution in [1.82, 2.24) is 25.5 Å². The van der Waals surface area contributed by atoms with Crippen molar-refractivity contribution in [2.45, 2.75) is 13.0 Å². The fraction of sp³-hybridized carbons (Fsp3) is 0.300. The van der Waals surface area contributed by atoms with E-state index in [4.69, 9.17) is 0 Å². The minimum absolute atomic E-state index is 0.224. The number of tetrazole rings is 1. The van der Waals surface area contributed by atoms with E-state index in [9.17, 15) is 13.2 Å². The minimum Gasteiger partial charge on any atom is -0.311 e. The Kier molecular flexibility index (Phi) is 3.28. The van der Waals surface area contributed by atoms with Crippen LogP contribution in [0.3, 0.4) is 0 Å². The van der Waals surface area contributed by atoms with Crippen LogP contribution in [0.2, 0.25) is 0 Å². The maximum atomic E-state index is 13.6. The van der Waals surface area contributed by atoms with Crippen molar-refractivity contribution in [1.29, 1.82) is 0 Å². The number of benzene rings is 1. The summed E-state index contributed by atoms with van der Waals surface area (Å²) in [5.74, 6) is -2.90. The smallest absolute Gasteiger partial charge is 0.173 e. The maximum Gasteiger partial charge on any atom is 0.173 e. The van der Waals surface area contributed by atoms with Gasteiger partial charge in [0.2, 0.25) is 0 Å². The molecule has 0 bridgehead atoms. The highest BCUT2D eigenvalue weighted by Crippen LogP contribution is 2.21. The van der Waals surface area contributed by atoms with Gasteiger partial charge in [0, 0.05) is 12.1 Å². The van der Waals surface area contributed by atoms with E-state index < -0.39 is 23.1 Å². The van der Waals surface area contributed by atoms with Crippen LogP contribution in [0.25, 0.3) is 5.69 Å². The monoisotopic (exact) mass is 257 g/mol. The summed E-state index contributed by atoms with van der Waals surface area (Å²) in [7, 11) is 1.65. The molecule has 2 aromatic rings. The van der Waals surface area contributed by atoms with Gasteiger partial charge in [0.1, 0.15) is 11.5 Å². The lowest BCUT2D eigenvalue weighted by molar-refractivity contribution is 0.513. The molecule has 0 aliphatic carbocycles. The van der Waals surface area contributed by atoms with Gasteiger partial charge >= 0.3 is 0 Å². The van der Waals surface area contributed by atoms with E-state index in [1.165, 1.54) is 0 Å². The van der Waals surface area contributed by atoms with E-state index in [1.54, 1.807) is 14.0 Å². The van der Waals surface area contributed by atoms with Gasteiger partial charge in [-0.15, -0.1) is 5.10 Å². The number of rotatable bonds is 3. The predicted octanol–water partition coefficient (Wildman–Crippen LogP) is 1.36. The quantitative estimate of drug-likeness (QED) is 0.902. The molecule has 0 saturated carbocycles. The van der Waals surface area contributed by atoms with Crippen LogP contribution in [0, 0.1) is 17.5 Å². The van der Waals surface area contributed by atoms with Crippen LogP contribution >= 0.6 is 0 Å². The number of hydrogen-bond acceptors (Lipinski definition) is 4. The van der Waals surface area contributed by atoms with E-state index in [0.29, 0.717) is 12.1 Å². The first-order chi connectivity index (χ1) is 8.54. The average molecular weight is 257 g/mol. The highest BCUT2D eigenvalue weighted by atomic mass is 19.1. The van der Waals surface area contributed by atoms with E-state index in [0.717, 1.165) is 4.68 Å². The molecule has 18 heavy (non-hydrogen) atoms. The molecule has 1 heterocycles. The highest BCUT2D eigenvalue weighted by molar-refractivity contribution is 5.35. The molecule has 0 fully saturated rings. The number of nitrogens with zero attached hydrogens (tertiary/aromatic N) is 4. The fourth-order valence-corrected chi connectivity index (χ4v) is 1.49. The van der Waals surface area contributed by atoms with Gasteiger partial charge in [-0.05, 0) is 24.4 Å². The Labute approximate surface area is 101 Å². The minimum atomic E-state index is -1.07. The molecular formula is C10H10F3N5. The molecule has 0 aliphatic rings. The Morgan fingerprint density at radius 3 is 2.39 bits per heavy atom. The van der Waals surface area contributed by atoms with Crippen molar-refractivity contribution in [3.63, 3.8) is 0 Å². The number of nitrogens with one attached hydrogen (secondary N) is 1. The van der Waals surface area contributed by atoms with Crippen LogP contribution in [0.5, 0.6) is 0 Å². The normalized spacial score (nSPS) is 12.7. The Morgan fingerprint density at radius 1 is 1.22 bits per heavy atom. The molecule has 1 unspecified atom stereocenters. The Balaban J connectivity index is 2.59. The van der Waals surface area contributed by atoms with Gasteiger partial charge in [-0.3, -0.25) is 0 Å². The third-order valence-corrected chi connectivity index (χ3v) is 2.51. The van der Waals surface area contributed by atoms with Gasteiger partial charge in [-0.2, -0.15) is 4.68 Å². The molecular weight excluding hydrogens is 247 g/mol. The first-order valence-corrected chi connectivity index (χ1v) is 5.15. The highest BCUT2D eigenvalue weighted by Gasteiger charge is 2.21. The second kappa shape index (κ2) is 4.73. The third kappa shape index (κ3) is 2.06. The second-order valence-corrected chi connectivity index (χ2v) is 3.68. The molecule has 0 amide bonds. The van der Waals surface area contributed by atoms with Crippen molar-refractivity contribution in [2.24, 2.45) is 0 Å². The van der Waals surface area contributed by atoms with Crippen LogP contribution in [0.1, 0.15) is 18.8 Å². The topological polar surface area (TPSA) is 55.6 Å². The molecule has 1 aromatic carbocycles. The summed E-state index contributed by atoms with van der Waals surface area (Å²) in [5.41, 5.74) is -0.501. The van der Waals surface area contributed by atoms with Crippen LogP contribution in [0.4, 0.5) is 13.2 Å². The zero-order valence-electron chi connectivity index (χ0n) is 9.65. The number of halogens is 3. The molecule has 2 rings (SSSR count). The van der Waals surface area contributed by atoms with Gasteiger partial charge in [-0.25, -0.2) is 13.2 Å². The molecule has 0 saturated heterocycles. The Hall–Kier alpha value is -1.96. The molecule has 1 atom stereocenters. The lowest BCUT2D eigenvalue weighted by atomic mass is 10.2. The van der Waals surface area contributed by atoms with Gasteiger partial charge in [0.15, 0.2) is 17.5 Å². The second-order valence-electron chi connectivity index (χ2n) is 3.68. The number of aromatic nitrogens is 4. The first kappa shape index (κ1) is 12.5. The molecule has 96 valence electrons. The van der Waals surface area contributed by atoms with Crippen molar-refractivity contribution >= 4 is 0 Å². The van der Waals surface area contributed by atoms with Gasteiger partial charge in [0.05, 0.1) is 6.04 Å². The number of hydrogen-bond donors (Lipinski definition) is 1. The summed E-state index contributed by atoms with van der Waals surface area (Å²) < 4.78 is 40.9. The van der Waals surface area contributed by atoms with E-state index >= 15 is 0 Å². The standard InChI is InChI=1S/C10H10F3N5/c1-5(14-2)10-15-16-17-18(10)9-7(12)3-6(11)4-8(9)13/h3-5,14H,1-2H3. The summed E-state index contributed by atoms with van der Waals surface area (Å²) in [5, 5.41) is 13.4. The molecule has 1 aromatic heterocycles. The molecule has 0 radical (unpaired) electrons. The predicted molar refractivity (Wildman–Crippen MR) is 56.5 cm³/mol. The zero-order valence-corrected chi connectivity index (χ0v) is 9.65. The summed E-state index contributed by atoms with van der Waals surface area (Å²) >= 11 is 0. The van der Waals surface area contributed by atoms with Gasteiger partial charge in [0.25, 0.3) is 0 Å². The average Bonchev–Trinajstić information content (AvgIpc) is 2.75. The molecule has 0 aliphatic heterocycles. The first-order valence-electron chi connectivity index (χ1n) is 5.15. The van der Waals surface area contributed by atoms with Crippen molar-refractivity contribution < 1.29 is 13.2 Å². The Bertz CT molecular complexity index is 545. The van der Waals surface area contributed by atoms with Gasteiger partial charge < -0.3 is 5.32 Å². The maximum absolute atomic E-state index is 13.6. The molecule has 1 N–H and O–H groups in total. The largest absolute Gasteiger partial charge is 0.311 e. The van der Waals surface area contributed by atoms with Crippen LogP contribution < -0.4 is 5.32 Å². The molecule has 8 heteroatoms. The summed E-state index contributed by atoms with van der Waals surface area (Å²) in [6, 6.07) is 0.839. The third-order valence-electron chi connectivity index (χ3n) is 2.51. The molecule has 0 spiro atoms. The van der Waals surface area contributed by atoms with E-state index in [2.05, 4.69) is 20.8 Å². The summed E-state index contributed by atoms with van der Waals surface area (Å²) in [6.45, 7) is 1.72. The zero-order chi connectivity index (χ0) is 13.3. The van der Waals surface area contributed by atoms with Crippen molar-refractivity contribution in [3.05, 3.63) is 35.4 Å².